The molecule has 0 amide bonds. The highest BCUT2D eigenvalue weighted by Crippen LogP contribution is 2.24. The fourth-order valence-corrected chi connectivity index (χ4v) is 3.46. The number of aryl methyl sites for hydroxylation is 1. The van der Waals surface area contributed by atoms with Crippen molar-refractivity contribution in [3.05, 3.63) is 77.4 Å². The molecule has 0 fully saturated rings. The summed E-state index contributed by atoms with van der Waals surface area (Å²) in [5, 5.41) is 10.1. The Labute approximate surface area is 184 Å². The molecule has 0 bridgehead atoms. The molecule has 5 heteroatoms. The van der Waals surface area contributed by atoms with Crippen molar-refractivity contribution < 1.29 is 24.2 Å². The van der Waals surface area contributed by atoms with E-state index in [-0.39, 0.29) is 11.9 Å². The van der Waals surface area contributed by atoms with Crippen LogP contribution in [-0.4, -0.2) is 30.3 Å². The van der Waals surface area contributed by atoms with E-state index in [1.54, 1.807) is 32.0 Å². The minimum absolute atomic E-state index is 0.311. The normalized spacial score (nSPS) is 11.9. The molecule has 0 radical (unpaired) electrons. The molecule has 166 valence electrons. The van der Waals surface area contributed by atoms with Crippen LogP contribution in [0.5, 0.6) is 5.75 Å². The zero-order valence-corrected chi connectivity index (χ0v) is 18.4. The summed E-state index contributed by atoms with van der Waals surface area (Å²) in [4.78, 5) is 23.3. The van der Waals surface area contributed by atoms with Crippen LogP contribution in [-0.2, 0) is 27.1 Å². The van der Waals surface area contributed by atoms with Gasteiger partial charge in [0.25, 0.3) is 0 Å². The van der Waals surface area contributed by atoms with Crippen LogP contribution in [0.3, 0.4) is 0 Å². The summed E-state index contributed by atoms with van der Waals surface area (Å²) in [5.74, 6) is 0.0548. The lowest BCUT2D eigenvalue weighted by Gasteiger charge is -2.17. The number of esters is 2. The number of para-hydroxylation sites is 1. The quantitative estimate of drug-likeness (QED) is 0.372. The second-order valence-corrected chi connectivity index (χ2v) is 7.39. The minimum Gasteiger partial charge on any atom is -0.508 e. The third-order valence-corrected chi connectivity index (χ3v) is 5.09. The molecule has 0 aromatic heterocycles. The standard InChI is InChI=1S/C26H32O5/c1-3-30-25(28)12-8-5-9-20(13-16-22-10-6-7-11-24(22)27)19-21-14-17-23(18-15-21)26(29)31-4-2/h6-8,10-12,14-15,17-18,20,27H,3-5,9,13,16,19H2,1-2H3. The van der Waals surface area contributed by atoms with E-state index in [2.05, 4.69) is 0 Å². The Morgan fingerprint density at radius 1 is 0.968 bits per heavy atom. The summed E-state index contributed by atoms with van der Waals surface area (Å²) in [6.07, 6.45) is 7.55. The van der Waals surface area contributed by atoms with E-state index in [9.17, 15) is 14.7 Å². The highest BCUT2D eigenvalue weighted by molar-refractivity contribution is 5.89. The van der Waals surface area contributed by atoms with Crippen molar-refractivity contribution in [3.63, 3.8) is 0 Å². The first-order valence-electron chi connectivity index (χ1n) is 10.9. The number of aromatic hydroxyl groups is 1. The van der Waals surface area contributed by atoms with Gasteiger partial charge in [0.2, 0.25) is 0 Å². The molecule has 2 rings (SSSR count). The van der Waals surface area contributed by atoms with Gasteiger partial charge in [0.1, 0.15) is 5.75 Å². The predicted octanol–water partition coefficient (Wildman–Crippen LogP) is 5.26. The van der Waals surface area contributed by atoms with Crippen molar-refractivity contribution in [1.82, 2.24) is 0 Å². The number of rotatable bonds is 12. The lowest BCUT2D eigenvalue weighted by Crippen LogP contribution is -2.08. The van der Waals surface area contributed by atoms with Crippen LogP contribution in [0.25, 0.3) is 0 Å². The van der Waals surface area contributed by atoms with E-state index in [1.807, 2.05) is 36.4 Å². The second kappa shape index (κ2) is 13.3. The third-order valence-electron chi connectivity index (χ3n) is 5.09. The van der Waals surface area contributed by atoms with Gasteiger partial charge in [-0.15, -0.1) is 0 Å². The molecule has 5 nitrogen and oxygen atoms in total. The zero-order chi connectivity index (χ0) is 22.5. The Morgan fingerprint density at radius 3 is 2.35 bits per heavy atom. The molecular weight excluding hydrogens is 392 g/mol. The van der Waals surface area contributed by atoms with E-state index < -0.39 is 0 Å². The lowest BCUT2D eigenvalue weighted by atomic mass is 9.89. The molecule has 1 unspecified atom stereocenters. The Hall–Kier alpha value is -3.08. The average Bonchev–Trinajstić information content (AvgIpc) is 2.76. The monoisotopic (exact) mass is 424 g/mol. The Kier molecular flexibility index (Phi) is 10.4. The first-order valence-corrected chi connectivity index (χ1v) is 10.9. The summed E-state index contributed by atoms with van der Waals surface area (Å²) in [7, 11) is 0. The predicted molar refractivity (Wildman–Crippen MR) is 121 cm³/mol. The topological polar surface area (TPSA) is 72.8 Å². The van der Waals surface area contributed by atoms with E-state index in [4.69, 9.17) is 9.47 Å². The summed E-state index contributed by atoms with van der Waals surface area (Å²) in [5.41, 5.74) is 2.63. The molecule has 2 aromatic carbocycles. The molecule has 1 N–H and O–H groups in total. The highest BCUT2D eigenvalue weighted by Gasteiger charge is 2.13. The van der Waals surface area contributed by atoms with E-state index >= 15 is 0 Å². The molecule has 31 heavy (non-hydrogen) atoms. The Balaban J connectivity index is 2.01. The molecule has 0 aliphatic rings. The number of hydrogen-bond donors (Lipinski definition) is 1. The summed E-state index contributed by atoms with van der Waals surface area (Å²) < 4.78 is 9.96. The number of allylic oxidation sites excluding steroid dienone is 1. The summed E-state index contributed by atoms with van der Waals surface area (Å²) in [6.45, 7) is 4.30. The zero-order valence-electron chi connectivity index (χ0n) is 18.4. The van der Waals surface area contributed by atoms with Crippen LogP contribution < -0.4 is 0 Å². The Morgan fingerprint density at radius 2 is 1.68 bits per heavy atom. The third kappa shape index (κ3) is 8.67. The first kappa shape index (κ1) is 24.2. The van der Waals surface area contributed by atoms with Gasteiger partial charge in [0, 0.05) is 6.08 Å². The van der Waals surface area contributed by atoms with Crippen LogP contribution in [0.15, 0.2) is 60.7 Å². The van der Waals surface area contributed by atoms with Crippen LogP contribution in [0.2, 0.25) is 0 Å². The lowest BCUT2D eigenvalue weighted by molar-refractivity contribution is -0.137. The van der Waals surface area contributed by atoms with Crippen molar-refractivity contribution >= 4 is 11.9 Å². The number of phenols is 1. The molecule has 0 spiro atoms. The summed E-state index contributed by atoms with van der Waals surface area (Å²) >= 11 is 0. The van der Waals surface area contributed by atoms with Crippen molar-refractivity contribution in [1.29, 1.82) is 0 Å². The van der Waals surface area contributed by atoms with Gasteiger partial charge >= 0.3 is 11.9 Å². The van der Waals surface area contributed by atoms with Gasteiger partial charge in [-0.3, -0.25) is 0 Å². The molecule has 0 aliphatic carbocycles. The fraction of sp³-hybridized carbons (Fsp3) is 0.385. The van der Waals surface area contributed by atoms with Crippen LogP contribution in [0, 0.1) is 5.92 Å². The molecular formula is C26H32O5. The maximum atomic E-state index is 11.9. The van der Waals surface area contributed by atoms with Crippen molar-refractivity contribution in [2.24, 2.45) is 5.92 Å². The summed E-state index contributed by atoms with van der Waals surface area (Å²) in [6, 6.07) is 14.9. The van der Waals surface area contributed by atoms with Crippen molar-refractivity contribution in [3.8, 4) is 5.75 Å². The SMILES string of the molecule is CCOC(=O)C=CCCC(CCc1ccccc1O)Cc1ccc(C(=O)OCC)cc1. The number of benzene rings is 2. The highest BCUT2D eigenvalue weighted by atomic mass is 16.5. The molecule has 1 atom stereocenters. The van der Waals surface area contributed by atoms with Gasteiger partial charge in [-0.25, -0.2) is 9.59 Å². The van der Waals surface area contributed by atoms with E-state index in [0.717, 1.165) is 43.2 Å². The Bertz CT molecular complexity index is 854. The fourth-order valence-electron chi connectivity index (χ4n) is 3.46. The average molecular weight is 425 g/mol. The van der Waals surface area contributed by atoms with Gasteiger partial charge < -0.3 is 14.6 Å². The second-order valence-electron chi connectivity index (χ2n) is 7.39. The van der Waals surface area contributed by atoms with Crippen LogP contribution >= 0.6 is 0 Å². The van der Waals surface area contributed by atoms with Crippen LogP contribution in [0.4, 0.5) is 0 Å². The maximum Gasteiger partial charge on any atom is 0.338 e. The smallest absolute Gasteiger partial charge is 0.338 e. The number of carbonyl (C=O) groups excluding carboxylic acids is 2. The molecule has 0 saturated carbocycles. The molecule has 2 aromatic rings. The van der Waals surface area contributed by atoms with Crippen molar-refractivity contribution in [2.75, 3.05) is 13.2 Å². The molecule has 0 heterocycles. The van der Waals surface area contributed by atoms with E-state index in [1.165, 1.54) is 6.08 Å². The number of phenolic OH excluding ortho intramolecular Hbond substituents is 1. The van der Waals surface area contributed by atoms with Gasteiger partial charge in [0.15, 0.2) is 0 Å². The molecule has 0 saturated heterocycles. The van der Waals surface area contributed by atoms with Gasteiger partial charge in [0.05, 0.1) is 18.8 Å². The van der Waals surface area contributed by atoms with Gasteiger partial charge in [-0.1, -0.05) is 36.4 Å². The largest absolute Gasteiger partial charge is 0.508 e. The van der Waals surface area contributed by atoms with E-state index in [0.29, 0.717) is 30.4 Å². The van der Waals surface area contributed by atoms with Crippen molar-refractivity contribution in [2.45, 2.75) is 46.0 Å². The molecule has 0 aliphatic heterocycles. The maximum absolute atomic E-state index is 11.9. The number of hydrogen-bond acceptors (Lipinski definition) is 5. The number of ether oxygens (including phenoxy) is 2. The number of carbonyl (C=O) groups is 2. The van der Waals surface area contributed by atoms with Gasteiger partial charge in [-0.05, 0) is 81.2 Å². The first-order chi connectivity index (χ1) is 15.0. The van der Waals surface area contributed by atoms with Crippen LogP contribution in [0.1, 0.15) is 54.6 Å². The van der Waals surface area contributed by atoms with Gasteiger partial charge in [-0.2, -0.15) is 0 Å². The minimum atomic E-state index is -0.317.